The van der Waals surface area contributed by atoms with Gasteiger partial charge in [0, 0.05) is 7.05 Å². The number of aromatic nitrogens is 2. The lowest BCUT2D eigenvalue weighted by Crippen LogP contribution is -1.96. The molecule has 0 aliphatic heterocycles. The van der Waals surface area contributed by atoms with Crippen molar-refractivity contribution in [3.63, 3.8) is 0 Å². The fraction of sp³-hybridized carbons (Fsp3) is 0.111. The van der Waals surface area contributed by atoms with Crippen LogP contribution in [0, 0.1) is 0 Å². The number of aryl methyl sites for hydroxylation is 1. The van der Waals surface area contributed by atoms with E-state index in [9.17, 15) is 4.79 Å². The van der Waals surface area contributed by atoms with E-state index in [1.54, 1.807) is 19.2 Å². The highest BCUT2D eigenvalue weighted by Crippen LogP contribution is 2.25. The zero-order chi connectivity index (χ0) is 10.3. The average molecular weight is 211 g/mol. The van der Waals surface area contributed by atoms with Crippen LogP contribution in [0.1, 0.15) is 10.4 Å². The van der Waals surface area contributed by atoms with Crippen molar-refractivity contribution < 1.29 is 9.90 Å². The van der Waals surface area contributed by atoms with Gasteiger partial charge in [-0.25, -0.2) is 4.79 Å². The summed E-state index contributed by atoms with van der Waals surface area (Å²) in [6, 6.07) is 4.89. The van der Waals surface area contributed by atoms with E-state index in [4.69, 9.17) is 16.7 Å². The Morgan fingerprint density at radius 2 is 2.29 bits per heavy atom. The van der Waals surface area contributed by atoms with Gasteiger partial charge in [0.15, 0.2) is 0 Å². The number of halogens is 1. The maximum atomic E-state index is 10.9. The van der Waals surface area contributed by atoms with Crippen molar-refractivity contribution >= 4 is 28.5 Å². The van der Waals surface area contributed by atoms with Gasteiger partial charge in [0.1, 0.15) is 5.15 Å². The van der Waals surface area contributed by atoms with E-state index in [-0.39, 0.29) is 5.56 Å². The summed E-state index contributed by atoms with van der Waals surface area (Å²) in [7, 11) is 1.67. The third-order valence-electron chi connectivity index (χ3n) is 2.02. The summed E-state index contributed by atoms with van der Waals surface area (Å²) in [6.07, 6.45) is 0. The Morgan fingerprint density at radius 1 is 1.57 bits per heavy atom. The monoisotopic (exact) mass is 210 g/mol. The summed E-state index contributed by atoms with van der Waals surface area (Å²) >= 11 is 5.93. The number of carboxylic acids is 1. The largest absolute Gasteiger partial charge is 0.478 e. The van der Waals surface area contributed by atoms with Crippen LogP contribution in [0.15, 0.2) is 18.2 Å². The lowest BCUT2D eigenvalue weighted by molar-refractivity contribution is 0.0699. The summed E-state index contributed by atoms with van der Waals surface area (Å²) in [4.78, 5) is 10.9. The van der Waals surface area contributed by atoms with Crippen LogP contribution in [-0.4, -0.2) is 20.9 Å². The first kappa shape index (κ1) is 9.02. The lowest BCUT2D eigenvalue weighted by Gasteiger charge is -1.95. The highest BCUT2D eigenvalue weighted by atomic mass is 35.5. The molecule has 0 fully saturated rings. The third-order valence-corrected chi connectivity index (χ3v) is 2.45. The Kier molecular flexibility index (Phi) is 1.93. The Hall–Kier alpha value is -1.55. The predicted molar refractivity (Wildman–Crippen MR) is 52.7 cm³/mol. The molecular weight excluding hydrogens is 204 g/mol. The van der Waals surface area contributed by atoms with Gasteiger partial charge in [0.2, 0.25) is 0 Å². The van der Waals surface area contributed by atoms with E-state index < -0.39 is 5.97 Å². The van der Waals surface area contributed by atoms with E-state index in [1.165, 1.54) is 10.7 Å². The number of carbonyl (C=O) groups is 1. The smallest absolute Gasteiger partial charge is 0.336 e. The van der Waals surface area contributed by atoms with Gasteiger partial charge in [0.05, 0.1) is 16.5 Å². The first-order valence-electron chi connectivity index (χ1n) is 3.96. The lowest BCUT2D eigenvalue weighted by atomic mass is 10.1. The quantitative estimate of drug-likeness (QED) is 0.783. The van der Waals surface area contributed by atoms with Crippen molar-refractivity contribution in [1.82, 2.24) is 9.78 Å². The van der Waals surface area contributed by atoms with Crippen LogP contribution < -0.4 is 0 Å². The molecule has 0 spiro atoms. The number of fused-ring (bicyclic) bond motifs is 1. The molecule has 1 aromatic heterocycles. The molecule has 1 aromatic carbocycles. The molecule has 2 rings (SSSR count). The van der Waals surface area contributed by atoms with Gasteiger partial charge in [-0.1, -0.05) is 17.7 Å². The van der Waals surface area contributed by atoms with E-state index in [1.807, 2.05) is 0 Å². The van der Waals surface area contributed by atoms with E-state index in [0.29, 0.717) is 16.1 Å². The Labute approximate surface area is 84.7 Å². The second-order valence-corrected chi connectivity index (χ2v) is 3.28. The number of carboxylic acid groups (broad SMARTS) is 1. The summed E-state index contributed by atoms with van der Waals surface area (Å²) < 4.78 is 1.46. The van der Waals surface area contributed by atoms with Crippen molar-refractivity contribution in [2.45, 2.75) is 0 Å². The topological polar surface area (TPSA) is 55.1 Å². The zero-order valence-corrected chi connectivity index (χ0v) is 8.12. The van der Waals surface area contributed by atoms with E-state index in [0.717, 1.165) is 0 Å². The molecule has 1 heterocycles. The Morgan fingerprint density at radius 3 is 2.93 bits per heavy atom. The number of aromatic carboxylic acids is 1. The molecule has 0 atom stereocenters. The first-order valence-corrected chi connectivity index (χ1v) is 4.33. The molecule has 14 heavy (non-hydrogen) atoms. The minimum atomic E-state index is -0.995. The molecule has 0 saturated carbocycles. The molecule has 0 bridgehead atoms. The van der Waals surface area contributed by atoms with E-state index >= 15 is 0 Å². The molecule has 0 aliphatic carbocycles. The van der Waals surface area contributed by atoms with Gasteiger partial charge in [-0.2, -0.15) is 5.10 Å². The molecule has 0 aliphatic rings. The number of rotatable bonds is 1. The van der Waals surface area contributed by atoms with Crippen molar-refractivity contribution in [1.29, 1.82) is 0 Å². The van der Waals surface area contributed by atoms with Crippen LogP contribution in [0.4, 0.5) is 0 Å². The van der Waals surface area contributed by atoms with Crippen molar-refractivity contribution in [3.05, 3.63) is 28.9 Å². The molecule has 0 amide bonds. The van der Waals surface area contributed by atoms with Crippen molar-refractivity contribution in [2.24, 2.45) is 7.05 Å². The highest BCUT2D eigenvalue weighted by molar-refractivity contribution is 6.35. The SMILES string of the molecule is Cn1nc2cccc(C(=O)O)c2c1Cl. The Bertz CT molecular complexity index is 519. The zero-order valence-electron chi connectivity index (χ0n) is 7.36. The molecule has 0 radical (unpaired) electrons. The van der Waals surface area contributed by atoms with Crippen LogP contribution >= 0.6 is 11.6 Å². The van der Waals surface area contributed by atoms with Gasteiger partial charge in [-0.05, 0) is 12.1 Å². The minimum absolute atomic E-state index is 0.181. The summed E-state index contributed by atoms with van der Waals surface area (Å²) in [5, 5.41) is 13.8. The first-order chi connectivity index (χ1) is 6.61. The van der Waals surface area contributed by atoms with Crippen LogP contribution in [0.3, 0.4) is 0 Å². The fourth-order valence-electron chi connectivity index (χ4n) is 1.39. The van der Waals surface area contributed by atoms with Crippen LogP contribution in [-0.2, 0) is 7.05 Å². The van der Waals surface area contributed by atoms with Gasteiger partial charge in [-0.15, -0.1) is 0 Å². The molecule has 1 N–H and O–H groups in total. The normalized spacial score (nSPS) is 10.7. The van der Waals surface area contributed by atoms with Crippen molar-refractivity contribution in [2.75, 3.05) is 0 Å². The second kappa shape index (κ2) is 2.99. The maximum Gasteiger partial charge on any atom is 0.336 e. The second-order valence-electron chi connectivity index (χ2n) is 2.92. The highest BCUT2D eigenvalue weighted by Gasteiger charge is 2.14. The molecule has 4 nitrogen and oxygen atoms in total. The van der Waals surface area contributed by atoms with Crippen LogP contribution in [0.25, 0.3) is 10.9 Å². The van der Waals surface area contributed by atoms with Crippen LogP contribution in [0.2, 0.25) is 5.15 Å². The van der Waals surface area contributed by atoms with Gasteiger partial charge >= 0.3 is 5.97 Å². The average Bonchev–Trinajstić information content (AvgIpc) is 2.43. The van der Waals surface area contributed by atoms with Crippen molar-refractivity contribution in [3.8, 4) is 0 Å². The van der Waals surface area contributed by atoms with Gasteiger partial charge < -0.3 is 5.11 Å². The fourth-order valence-corrected chi connectivity index (χ4v) is 1.62. The number of hydrogen-bond acceptors (Lipinski definition) is 2. The van der Waals surface area contributed by atoms with E-state index in [2.05, 4.69) is 5.10 Å². The minimum Gasteiger partial charge on any atom is -0.478 e. The maximum absolute atomic E-state index is 10.9. The molecular formula is C9H7ClN2O2. The third kappa shape index (κ3) is 1.15. The molecule has 0 unspecified atom stereocenters. The summed E-state index contributed by atoms with van der Waals surface area (Å²) in [6.45, 7) is 0. The van der Waals surface area contributed by atoms with Crippen LogP contribution in [0.5, 0.6) is 0 Å². The Balaban J connectivity index is 2.91. The molecule has 5 heteroatoms. The number of hydrogen-bond donors (Lipinski definition) is 1. The summed E-state index contributed by atoms with van der Waals surface area (Å²) in [5.74, 6) is -0.995. The van der Waals surface area contributed by atoms with Gasteiger partial charge in [-0.3, -0.25) is 4.68 Å². The molecule has 2 aromatic rings. The number of nitrogens with zero attached hydrogens (tertiary/aromatic N) is 2. The molecule has 0 saturated heterocycles. The molecule has 72 valence electrons. The standard InChI is InChI=1S/C9H7ClN2O2/c1-12-8(10)7-5(9(13)14)3-2-4-6(7)11-12/h2-4H,1H3,(H,13,14). The number of benzene rings is 1. The summed E-state index contributed by atoms with van der Waals surface area (Å²) in [5.41, 5.74) is 0.776. The van der Waals surface area contributed by atoms with Gasteiger partial charge in [0.25, 0.3) is 0 Å². The predicted octanol–water partition coefficient (Wildman–Crippen LogP) is 1.92.